The van der Waals surface area contributed by atoms with Crippen LogP contribution in [0.2, 0.25) is 0 Å². The summed E-state index contributed by atoms with van der Waals surface area (Å²) in [7, 11) is 1.31. The smallest absolute Gasteiger partial charge is 0.329 e. The Hall–Kier alpha value is -2.88. The van der Waals surface area contributed by atoms with E-state index in [1.807, 2.05) is 0 Å². The number of aliphatic carboxylic acids is 2. The van der Waals surface area contributed by atoms with Gasteiger partial charge in [0.2, 0.25) is 0 Å². The molecule has 0 bridgehead atoms. The Morgan fingerprint density at radius 3 is 1.56 bits per heavy atom. The standard InChI is InChI=1S/C4H4O4.C4H6O2.C3H3N/c5-3(6)1-2-4(7)8;1-3-4(5)6-2;1-2-3-4/h1-2H,(H,5,6)(H,7,8);3H,1H2,2H3;2H,1H2/b2-1-;;. The number of carboxylic acids is 2. The lowest BCUT2D eigenvalue weighted by Gasteiger charge is -1.83. The van der Waals surface area contributed by atoms with Crippen molar-refractivity contribution in [1.82, 2.24) is 0 Å². The number of methoxy groups -OCH3 is 1. The number of esters is 1. The minimum Gasteiger partial charge on any atom is -0.478 e. The fourth-order valence-corrected chi connectivity index (χ4v) is 0.226. The molecule has 2 N–H and O–H groups in total. The second-order valence-electron chi connectivity index (χ2n) is 2.07. The van der Waals surface area contributed by atoms with Crippen molar-refractivity contribution < 1.29 is 29.3 Å². The predicted octanol–water partition coefficient (Wildman–Crippen LogP) is 0.753. The first-order valence-electron chi connectivity index (χ1n) is 4.20. The van der Waals surface area contributed by atoms with Crippen molar-refractivity contribution in [2.24, 2.45) is 0 Å². The van der Waals surface area contributed by atoms with Crippen molar-refractivity contribution in [2.45, 2.75) is 0 Å². The fourth-order valence-electron chi connectivity index (χ4n) is 0.226. The zero-order chi connectivity index (χ0) is 15.0. The van der Waals surface area contributed by atoms with E-state index in [0.717, 1.165) is 6.08 Å². The lowest BCUT2D eigenvalue weighted by Crippen LogP contribution is -1.91. The monoisotopic (exact) mass is 255 g/mol. The van der Waals surface area contributed by atoms with Gasteiger partial charge in [0.15, 0.2) is 0 Å². The molecule has 0 atom stereocenters. The van der Waals surface area contributed by atoms with Crippen molar-refractivity contribution in [2.75, 3.05) is 7.11 Å². The molecule has 0 saturated carbocycles. The molecule has 7 heteroatoms. The topological polar surface area (TPSA) is 125 Å². The van der Waals surface area contributed by atoms with E-state index in [1.165, 1.54) is 13.2 Å². The van der Waals surface area contributed by atoms with E-state index in [1.54, 1.807) is 6.07 Å². The first kappa shape index (κ1) is 20.5. The number of carbonyl (C=O) groups is 3. The van der Waals surface area contributed by atoms with Gasteiger partial charge in [0.05, 0.1) is 13.2 Å². The second kappa shape index (κ2) is 16.5. The average molecular weight is 255 g/mol. The van der Waals surface area contributed by atoms with Crippen LogP contribution in [0.15, 0.2) is 37.5 Å². The van der Waals surface area contributed by atoms with Gasteiger partial charge in [-0.15, -0.1) is 0 Å². The Balaban J connectivity index is -0.000000200. The van der Waals surface area contributed by atoms with Crippen LogP contribution in [0.5, 0.6) is 0 Å². The second-order valence-corrected chi connectivity index (χ2v) is 2.07. The highest BCUT2D eigenvalue weighted by molar-refractivity contribution is 5.89. The molecule has 0 unspecified atom stereocenters. The van der Waals surface area contributed by atoms with Crippen LogP contribution in [-0.2, 0) is 19.1 Å². The van der Waals surface area contributed by atoms with Gasteiger partial charge < -0.3 is 14.9 Å². The molecule has 0 aromatic heterocycles. The Labute approximate surface area is 104 Å². The summed E-state index contributed by atoms with van der Waals surface area (Å²) in [6, 6.07) is 1.69. The highest BCUT2D eigenvalue weighted by Gasteiger charge is 1.88. The number of allylic oxidation sites excluding steroid dienone is 1. The van der Waals surface area contributed by atoms with E-state index in [0.29, 0.717) is 12.2 Å². The molecule has 0 spiro atoms. The van der Waals surface area contributed by atoms with Crippen LogP contribution in [0.1, 0.15) is 0 Å². The summed E-state index contributed by atoms with van der Waals surface area (Å²) in [4.78, 5) is 28.9. The molecule has 98 valence electrons. The lowest BCUT2D eigenvalue weighted by atomic mass is 10.5. The van der Waals surface area contributed by atoms with E-state index < -0.39 is 17.9 Å². The molecule has 0 fully saturated rings. The van der Waals surface area contributed by atoms with Crippen molar-refractivity contribution in [3.8, 4) is 6.07 Å². The molecule has 0 aliphatic rings. The fraction of sp³-hybridized carbons (Fsp3) is 0.0909. The Morgan fingerprint density at radius 1 is 1.17 bits per heavy atom. The normalized spacial score (nSPS) is 7.33. The van der Waals surface area contributed by atoms with Gasteiger partial charge in [-0.1, -0.05) is 13.2 Å². The molecular formula is C11H13NO6. The first-order chi connectivity index (χ1) is 8.35. The number of nitriles is 1. The number of nitrogens with zero attached hydrogens (tertiary/aromatic N) is 1. The van der Waals surface area contributed by atoms with Crippen LogP contribution in [0, 0.1) is 11.3 Å². The molecule has 0 aliphatic heterocycles. The van der Waals surface area contributed by atoms with Crippen LogP contribution in [-0.4, -0.2) is 35.2 Å². The molecule has 0 aromatic carbocycles. The average Bonchev–Trinajstić information content (AvgIpc) is 2.36. The molecule has 0 aromatic rings. The van der Waals surface area contributed by atoms with E-state index in [2.05, 4.69) is 17.9 Å². The SMILES string of the molecule is C=CC#N.C=CC(=O)OC.O=C(O)/C=C\C(=O)O. The molecular weight excluding hydrogens is 242 g/mol. The van der Waals surface area contributed by atoms with Crippen LogP contribution in [0.4, 0.5) is 0 Å². The minimum atomic E-state index is -1.26. The summed E-state index contributed by atoms with van der Waals surface area (Å²) in [5, 5.41) is 23.1. The van der Waals surface area contributed by atoms with Gasteiger partial charge in [0, 0.05) is 24.3 Å². The van der Waals surface area contributed by atoms with Gasteiger partial charge in [0.25, 0.3) is 0 Å². The van der Waals surface area contributed by atoms with Crippen molar-refractivity contribution >= 4 is 17.9 Å². The number of rotatable bonds is 3. The Morgan fingerprint density at radius 2 is 1.50 bits per heavy atom. The quantitative estimate of drug-likeness (QED) is 0.433. The van der Waals surface area contributed by atoms with E-state index in [-0.39, 0.29) is 0 Å². The first-order valence-corrected chi connectivity index (χ1v) is 4.20. The predicted molar refractivity (Wildman–Crippen MR) is 62.4 cm³/mol. The van der Waals surface area contributed by atoms with Gasteiger partial charge in [-0.05, 0) is 0 Å². The van der Waals surface area contributed by atoms with Gasteiger partial charge in [-0.25, -0.2) is 14.4 Å². The largest absolute Gasteiger partial charge is 0.478 e. The van der Waals surface area contributed by atoms with E-state index >= 15 is 0 Å². The van der Waals surface area contributed by atoms with E-state index in [4.69, 9.17) is 15.5 Å². The van der Waals surface area contributed by atoms with Gasteiger partial charge >= 0.3 is 17.9 Å². The number of ether oxygens (including phenoxy) is 1. The minimum absolute atomic E-state index is 0.394. The molecule has 0 rings (SSSR count). The highest BCUT2D eigenvalue weighted by Crippen LogP contribution is 1.70. The van der Waals surface area contributed by atoms with Crippen LogP contribution >= 0.6 is 0 Å². The third-order valence-corrected chi connectivity index (χ3v) is 0.828. The Kier molecular flexibility index (Phi) is 18.9. The summed E-state index contributed by atoms with van der Waals surface area (Å²) in [5.74, 6) is -2.91. The van der Waals surface area contributed by atoms with Crippen LogP contribution in [0.3, 0.4) is 0 Å². The van der Waals surface area contributed by atoms with Crippen LogP contribution in [0.25, 0.3) is 0 Å². The number of carbonyl (C=O) groups excluding carboxylic acids is 1. The summed E-state index contributed by atoms with van der Waals surface area (Å²) in [5.41, 5.74) is 0. The number of hydrogen-bond donors (Lipinski definition) is 2. The van der Waals surface area contributed by atoms with Crippen molar-refractivity contribution in [1.29, 1.82) is 5.26 Å². The molecule has 0 heterocycles. The summed E-state index contributed by atoms with van der Waals surface area (Å²) in [6.07, 6.45) is 3.41. The van der Waals surface area contributed by atoms with Gasteiger partial charge in [-0.2, -0.15) is 5.26 Å². The molecule has 18 heavy (non-hydrogen) atoms. The number of carboxylic acid groups (broad SMARTS) is 2. The summed E-state index contributed by atoms with van der Waals surface area (Å²) in [6.45, 7) is 6.27. The van der Waals surface area contributed by atoms with Crippen LogP contribution < -0.4 is 0 Å². The molecule has 0 radical (unpaired) electrons. The van der Waals surface area contributed by atoms with Crippen molar-refractivity contribution in [3.05, 3.63) is 37.5 Å². The molecule has 7 nitrogen and oxygen atoms in total. The van der Waals surface area contributed by atoms with E-state index in [9.17, 15) is 14.4 Å². The summed E-state index contributed by atoms with van der Waals surface area (Å²) < 4.78 is 4.14. The maximum Gasteiger partial charge on any atom is 0.329 e. The third kappa shape index (κ3) is 38.0. The van der Waals surface area contributed by atoms with Gasteiger partial charge in [0.1, 0.15) is 0 Å². The Bertz CT molecular complexity index is 348. The molecule has 0 amide bonds. The zero-order valence-corrected chi connectivity index (χ0v) is 9.70. The molecule has 0 saturated heterocycles. The lowest BCUT2D eigenvalue weighted by molar-refractivity contribution is -0.135. The number of hydrogen-bond acceptors (Lipinski definition) is 5. The highest BCUT2D eigenvalue weighted by atomic mass is 16.5. The van der Waals surface area contributed by atoms with Crippen molar-refractivity contribution in [3.63, 3.8) is 0 Å². The zero-order valence-electron chi connectivity index (χ0n) is 9.70. The molecule has 0 aliphatic carbocycles. The maximum absolute atomic E-state index is 9.84. The summed E-state index contributed by atoms with van der Waals surface area (Å²) >= 11 is 0. The van der Waals surface area contributed by atoms with Gasteiger partial charge in [-0.3, -0.25) is 0 Å². The third-order valence-electron chi connectivity index (χ3n) is 0.828. The maximum atomic E-state index is 9.84.